The van der Waals surface area contributed by atoms with E-state index in [9.17, 15) is 9.90 Å². The SMILES string of the molecule is CCOCC(C)NCCN(CC(C)O)C(=O)OC(C)(C)C. The van der Waals surface area contributed by atoms with Gasteiger partial charge in [0.1, 0.15) is 5.60 Å². The van der Waals surface area contributed by atoms with Crippen LogP contribution in [-0.2, 0) is 9.47 Å². The first kappa shape index (κ1) is 20.1. The molecule has 2 atom stereocenters. The molecule has 0 aromatic carbocycles. The molecule has 2 N–H and O–H groups in total. The first-order valence-corrected chi connectivity index (χ1v) is 7.62. The van der Waals surface area contributed by atoms with Crippen molar-refractivity contribution in [3.63, 3.8) is 0 Å². The summed E-state index contributed by atoms with van der Waals surface area (Å²) in [5.74, 6) is 0. The van der Waals surface area contributed by atoms with E-state index in [-0.39, 0.29) is 12.6 Å². The number of nitrogens with one attached hydrogen (secondary N) is 1. The van der Waals surface area contributed by atoms with Gasteiger partial charge < -0.3 is 24.8 Å². The van der Waals surface area contributed by atoms with Crippen molar-refractivity contribution in [1.82, 2.24) is 10.2 Å². The van der Waals surface area contributed by atoms with Gasteiger partial charge in [0.25, 0.3) is 0 Å². The van der Waals surface area contributed by atoms with E-state index in [1.807, 2.05) is 34.6 Å². The van der Waals surface area contributed by atoms with Gasteiger partial charge in [-0.2, -0.15) is 0 Å². The zero-order valence-corrected chi connectivity index (χ0v) is 14.3. The highest BCUT2D eigenvalue weighted by molar-refractivity contribution is 5.68. The largest absolute Gasteiger partial charge is 0.444 e. The molecular weight excluding hydrogens is 272 g/mol. The minimum Gasteiger partial charge on any atom is -0.444 e. The van der Waals surface area contributed by atoms with Gasteiger partial charge in [0.2, 0.25) is 0 Å². The summed E-state index contributed by atoms with van der Waals surface area (Å²) >= 11 is 0. The molecule has 126 valence electrons. The molecule has 0 aliphatic rings. The minimum absolute atomic E-state index is 0.219. The number of carbonyl (C=O) groups excluding carboxylic acids is 1. The molecule has 0 rings (SSSR count). The summed E-state index contributed by atoms with van der Waals surface area (Å²) in [4.78, 5) is 13.6. The molecule has 0 aromatic rings. The number of hydrogen-bond acceptors (Lipinski definition) is 5. The maximum absolute atomic E-state index is 12.1. The molecule has 0 bridgehead atoms. The lowest BCUT2D eigenvalue weighted by Crippen LogP contribution is -2.45. The highest BCUT2D eigenvalue weighted by Gasteiger charge is 2.22. The van der Waals surface area contributed by atoms with Gasteiger partial charge in [-0.3, -0.25) is 0 Å². The fourth-order valence-electron chi connectivity index (χ4n) is 1.70. The number of aliphatic hydroxyl groups excluding tert-OH is 1. The van der Waals surface area contributed by atoms with Crippen LogP contribution in [0.1, 0.15) is 41.5 Å². The third-order valence-electron chi connectivity index (χ3n) is 2.58. The van der Waals surface area contributed by atoms with Crippen molar-refractivity contribution >= 4 is 6.09 Å². The zero-order chi connectivity index (χ0) is 16.5. The molecule has 0 fully saturated rings. The van der Waals surface area contributed by atoms with Crippen molar-refractivity contribution in [1.29, 1.82) is 0 Å². The third kappa shape index (κ3) is 11.5. The van der Waals surface area contributed by atoms with Crippen molar-refractivity contribution in [2.75, 3.05) is 32.8 Å². The van der Waals surface area contributed by atoms with Crippen LogP contribution in [0.25, 0.3) is 0 Å². The first-order valence-electron chi connectivity index (χ1n) is 7.62. The molecule has 0 radical (unpaired) electrons. The summed E-state index contributed by atoms with van der Waals surface area (Å²) in [6.45, 7) is 13.8. The Morgan fingerprint density at radius 1 is 1.33 bits per heavy atom. The van der Waals surface area contributed by atoms with E-state index in [0.29, 0.717) is 26.3 Å². The van der Waals surface area contributed by atoms with Crippen LogP contribution >= 0.6 is 0 Å². The number of nitrogens with zero attached hydrogens (tertiary/aromatic N) is 1. The molecule has 0 aliphatic carbocycles. The van der Waals surface area contributed by atoms with Crippen LogP contribution in [0.15, 0.2) is 0 Å². The summed E-state index contributed by atoms with van der Waals surface area (Å²) in [6.07, 6.45) is -0.985. The van der Waals surface area contributed by atoms with Crippen LogP contribution in [0.2, 0.25) is 0 Å². The Labute approximate surface area is 128 Å². The van der Waals surface area contributed by atoms with Gasteiger partial charge in [-0.25, -0.2) is 4.79 Å². The molecule has 0 aliphatic heterocycles. The maximum atomic E-state index is 12.1. The van der Waals surface area contributed by atoms with E-state index >= 15 is 0 Å². The maximum Gasteiger partial charge on any atom is 0.410 e. The Balaban J connectivity index is 4.27. The van der Waals surface area contributed by atoms with Crippen molar-refractivity contribution in [2.24, 2.45) is 0 Å². The lowest BCUT2D eigenvalue weighted by Gasteiger charge is -2.28. The number of ether oxygens (including phenoxy) is 2. The molecule has 6 nitrogen and oxygen atoms in total. The molecule has 2 unspecified atom stereocenters. The fourth-order valence-corrected chi connectivity index (χ4v) is 1.70. The summed E-state index contributed by atoms with van der Waals surface area (Å²) in [5, 5.41) is 12.8. The molecule has 0 aromatic heterocycles. The van der Waals surface area contributed by atoms with Crippen LogP contribution in [0.3, 0.4) is 0 Å². The van der Waals surface area contributed by atoms with Gasteiger partial charge in [0.15, 0.2) is 0 Å². The Bertz CT molecular complexity index is 290. The molecule has 0 spiro atoms. The third-order valence-corrected chi connectivity index (χ3v) is 2.58. The molecule has 6 heteroatoms. The Kier molecular flexibility index (Phi) is 9.57. The van der Waals surface area contributed by atoms with E-state index in [4.69, 9.17) is 9.47 Å². The van der Waals surface area contributed by atoms with Crippen molar-refractivity contribution in [3.05, 3.63) is 0 Å². The normalized spacial score (nSPS) is 14.6. The van der Waals surface area contributed by atoms with E-state index in [2.05, 4.69) is 5.32 Å². The Hall–Kier alpha value is -0.850. The van der Waals surface area contributed by atoms with Crippen LogP contribution in [-0.4, -0.2) is 66.7 Å². The molecule has 21 heavy (non-hydrogen) atoms. The predicted molar refractivity (Wildman–Crippen MR) is 83.4 cm³/mol. The predicted octanol–water partition coefficient (Wildman–Crippen LogP) is 1.62. The quantitative estimate of drug-likeness (QED) is 0.677. The lowest BCUT2D eigenvalue weighted by atomic mass is 10.2. The van der Waals surface area contributed by atoms with Gasteiger partial charge in [-0.15, -0.1) is 0 Å². The number of hydrogen-bond donors (Lipinski definition) is 2. The first-order chi connectivity index (χ1) is 9.65. The number of carbonyl (C=O) groups is 1. The van der Waals surface area contributed by atoms with Gasteiger partial charge in [-0.05, 0) is 41.5 Å². The van der Waals surface area contributed by atoms with E-state index in [1.54, 1.807) is 6.92 Å². The lowest BCUT2D eigenvalue weighted by molar-refractivity contribution is 0.0161. The average molecular weight is 304 g/mol. The van der Waals surface area contributed by atoms with Gasteiger partial charge in [-0.1, -0.05) is 0 Å². The summed E-state index contributed by atoms with van der Waals surface area (Å²) in [7, 11) is 0. The topological polar surface area (TPSA) is 71.0 Å². The smallest absolute Gasteiger partial charge is 0.410 e. The molecule has 0 saturated carbocycles. The van der Waals surface area contributed by atoms with Gasteiger partial charge in [0.05, 0.1) is 12.7 Å². The zero-order valence-electron chi connectivity index (χ0n) is 14.3. The van der Waals surface area contributed by atoms with Crippen LogP contribution in [0.5, 0.6) is 0 Å². The summed E-state index contributed by atoms with van der Waals surface area (Å²) < 4.78 is 10.7. The Morgan fingerprint density at radius 2 is 1.95 bits per heavy atom. The van der Waals surface area contributed by atoms with Crippen LogP contribution in [0.4, 0.5) is 4.79 Å². The minimum atomic E-state index is -0.585. The molecule has 0 heterocycles. The molecule has 0 saturated heterocycles. The second-order valence-electron chi connectivity index (χ2n) is 6.29. The van der Waals surface area contributed by atoms with E-state index in [1.165, 1.54) is 4.90 Å². The Morgan fingerprint density at radius 3 is 2.43 bits per heavy atom. The van der Waals surface area contributed by atoms with Crippen LogP contribution in [0, 0.1) is 0 Å². The second-order valence-corrected chi connectivity index (χ2v) is 6.29. The number of aliphatic hydroxyl groups is 1. The number of rotatable bonds is 9. The van der Waals surface area contributed by atoms with E-state index in [0.717, 1.165) is 0 Å². The average Bonchev–Trinajstić information content (AvgIpc) is 2.32. The standard InChI is InChI=1S/C15H32N2O4/c1-7-20-11-12(2)16-8-9-17(10-13(3)18)14(19)21-15(4,5)6/h12-13,16,18H,7-11H2,1-6H3. The number of amides is 1. The van der Waals surface area contributed by atoms with Crippen molar-refractivity contribution in [3.8, 4) is 0 Å². The second kappa shape index (κ2) is 9.97. The molecular formula is C15H32N2O4. The monoisotopic (exact) mass is 304 g/mol. The fraction of sp³-hybridized carbons (Fsp3) is 0.933. The van der Waals surface area contributed by atoms with Crippen molar-refractivity contribution < 1.29 is 19.4 Å². The van der Waals surface area contributed by atoms with E-state index < -0.39 is 17.8 Å². The van der Waals surface area contributed by atoms with Crippen molar-refractivity contribution in [2.45, 2.75) is 59.3 Å². The summed E-state index contributed by atoms with van der Waals surface area (Å²) in [6, 6.07) is 0.219. The highest BCUT2D eigenvalue weighted by Crippen LogP contribution is 2.10. The van der Waals surface area contributed by atoms with Gasteiger partial charge >= 0.3 is 6.09 Å². The van der Waals surface area contributed by atoms with Crippen LogP contribution < -0.4 is 5.32 Å². The molecule has 1 amide bonds. The highest BCUT2D eigenvalue weighted by atomic mass is 16.6. The summed E-state index contributed by atoms with van der Waals surface area (Å²) in [5.41, 5.74) is -0.538. The van der Waals surface area contributed by atoms with Gasteiger partial charge in [0, 0.05) is 32.3 Å².